The van der Waals surface area contributed by atoms with Crippen LogP contribution in [-0.2, 0) is 5.41 Å². The highest BCUT2D eigenvalue weighted by Crippen LogP contribution is 2.25. The van der Waals surface area contributed by atoms with Crippen LogP contribution in [0.3, 0.4) is 0 Å². The predicted molar refractivity (Wildman–Crippen MR) is 58.6 cm³/mol. The minimum absolute atomic E-state index is 0.0187. The summed E-state index contributed by atoms with van der Waals surface area (Å²) in [7, 11) is 0. The largest absolute Gasteiger partial charge is 0.363 e. The lowest BCUT2D eigenvalue weighted by Crippen LogP contribution is -2.26. The van der Waals surface area contributed by atoms with Crippen LogP contribution in [0.1, 0.15) is 47.3 Å². The Labute approximate surface area is 85.9 Å². The Hall–Kier alpha value is -0.990. The van der Waals surface area contributed by atoms with Crippen molar-refractivity contribution in [3.05, 3.63) is 11.8 Å². The zero-order valence-corrected chi connectivity index (χ0v) is 9.93. The van der Waals surface area contributed by atoms with Gasteiger partial charge in [-0.2, -0.15) is 0 Å². The second-order valence-corrected chi connectivity index (χ2v) is 5.70. The molecule has 0 aliphatic heterocycles. The molecule has 3 heteroatoms. The van der Waals surface area contributed by atoms with Gasteiger partial charge in [0, 0.05) is 17.0 Å². The molecule has 3 nitrogen and oxygen atoms in total. The standard InChI is InChI=1S/C11H20N2O/c1-10(2,3)8-7-9(13-14-8)12-11(4,5)6/h7H,1-6H3,(H,12,13). The molecule has 1 aromatic heterocycles. The van der Waals surface area contributed by atoms with E-state index >= 15 is 0 Å². The fourth-order valence-corrected chi connectivity index (χ4v) is 1.07. The summed E-state index contributed by atoms with van der Waals surface area (Å²) in [5.74, 6) is 1.71. The molecule has 1 rings (SSSR count). The van der Waals surface area contributed by atoms with Crippen LogP contribution in [0.4, 0.5) is 5.82 Å². The summed E-state index contributed by atoms with van der Waals surface area (Å²) in [4.78, 5) is 0. The maximum Gasteiger partial charge on any atom is 0.170 e. The van der Waals surface area contributed by atoms with E-state index in [2.05, 4.69) is 52.0 Å². The summed E-state index contributed by atoms with van der Waals surface area (Å²) in [6.07, 6.45) is 0. The molecule has 0 unspecified atom stereocenters. The van der Waals surface area contributed by atoms with Crippen LogP contribution >= 0.6 is 0 Å². The zero-order chi connectivity index (χ0) is 11.0. The molecule has 1 heterocycles. The molecule has 0 bridgehead atoms. The van der Waals surface area contributed by atoms with Gasteiger partial charge in [-0.3, -0.25) is 0 Å². The third kappa shape index (κ3) is 3.05. The lowest BCUT2D eigenvalue weighted by Gasteiger charge is -2.19. The fourth-order valence-electron chi connectivity index (χ4n) is 1.07. The molecule has 14 heavy (non-hydrogen) atoms. The van der Waals surface area contributed by atoms with E-state index in [9.17, 15) is 0 Å². The van der Waals surface area contributed by atoms with E-state index in [0.29, 0.717) is 0 Å². The van der Waals surface area contributed by atoms with Crippen LogP contribution in [0.25, 0.3) is 0 Å². The average molecular weight is 196 g/mol. The maximum atomic E-state index is 5.26. The summed E-state index contributed by atoms with van der Waals surface area (Å²) in [5, 5.41) is 7.25. The molecular formula is C11H20N2O. The van der Waals surface area contributed by atoms with Crippen LogP contribution in [0, 0.1) is 0 Å². The third-order valence-corrected chi connectivity index (χ3v) is 1.75. The van der Waals surface area contributed by atoms with Gasteiger partial charge in [-0.15, -0.1) is 0 Å². The molecule has 0 saturated carbocycles. The predicted octanol–water partition coefficient (Wildman–Crippen LogP) is 3.18. The first-order valence-corrected chi connectivity index (χ1v) is 4.94. The molecule has 1 N–H and O–H groups in total. The minimum atomic E-state index is 0.0187. The van der Waals surface area contributed by atoms with Gasteiger partial charge in [-0.25, -0.2) is 0 Å². The number of hydrogen-bond donors (Lipinski definition) is 1. The molecule has 0 amide bonds. The first-order chi connectivity index (χ1) is 6.18. The Morgan fingerprint density at radius 2 is 1.71 bits per heavy atom. The zero-order valence-electron chi connectivity index (χ0n) is 9.93. The van der Waals surface area contributed by atoms with Crippen molar-refractivity contribution in [1.29, 1.82) is 0 Å². The van der Waals surface area contributed by atoms with E-state index in [-0.39, 0.29) is 11.0 Å². The lowest BCUT2D eigenvalue weighted by molar-refractivity contribution is 0.330. The van der Waals surface area contributed by atoms with Gasteiger partial charge in [0.05, 0.1) is 0 Å². The molecule has 0 spiro atoms. The Bertz CT molecular complexity index is 302. The number of hydrogen-bond acceptors (Lipinski definition) is 3. The van der Waals surface area contributed by atoms with Crippen molar-refractivity contribution in [3.63, 3.8) is 0 Å². The average Bonchev–Trinajstić information content (AvgIpc) is 2.29. The highest BCUT2D eigenvalue weighted by atomic mass is 16.5. The van der Waals surface area contributed by atoms with Crippen molar-refractivity contribution in [2.45, 2.75) is 52.5 Å². The van der Waals surface area contributed by atoms with Gasteiger partial charge in [-0.1, -0.05) is 25.9 Å². The first kappa shape index (κ1) is 11.1. The van der Waals surface area contributed by atoms with Gasteiger partial charge >= 0.3 is 0 Å². The summed E-state index contributed by atoms with van der Waals surface area (Å²) >= 11 is 0. The van der Waals surface area contributed by atoms with Crippen molar-refractivity contribution in [3.8, 4) is 0 Å². The normalized spacial score (nSPS) is 13.0. The summed E-state index contributed by atoms with van der Waals surface area (Å²) in [5.41, 5.74) is 0.0385. The van der Waals surface area contributed by atoms with E-state index in [1.807, 2.05) is 6.07 Å². The maximum absolute atomic E-state index is 5.26. The molecule has 0 aliphatic rings. The quantitative estimate of drug-likeness (QED) is 0.749. The van der Waals surface area contributed by atoms with Gasteiger partial charge in [0.2, 0.25) is 0 Å². The van der Waals surface area contributed by atoms with Crippen LogP contribution in [0.5, 0.6) is 0 Å². The van der Waals surface area contributed by atoms with Crippen molar-refractivity contribution in [1.82, 2.24) is 5.16 Å². The van der Waals surface area contributed by atoms with Crippen molar-refractivity contribution >= 4 is 5.82 Å². The van der Waals surface area contributed by atoms with E-state index in [0.717, 1.165) is 11.6 Å². The Balaban J connectivity index is 2.79. The van der Waals surface area contributed by atoms with Crippen molar-refractivity contribution in [2.24, 2.45) is 0 Å². The Kier molecular flexibility index (Phi) is 2.61. The van der Waals surface area contributed by atoms with Crippen LogP contribution in [0.15, 0.2) is 10.6 Å². The first-order valence-electron chi connectivity index (χ1n) is 4.94. The molecule has 0 fully saturated rings. The monoisotopic (exact) mass is 196 g/mol. The Morgan fingerprint density at radius 3 is 2.07 bits per heavy atom. The third-order valence-electron chi connectivity index (χ3n) is 1.75. The Morgan fingerprint density at radius 1 is 1.14 bits per heavy atom. The van der Waals surface area contributed by atoms with E-state index < -0.39 is 0 Å². The van der Waals surface area contributed by atoms with Crippen LogP contribution in [0.2, 0.25) is 0 Å². The number of nitrogens with zero attached hydrogens (tertiary/aromatic N) is 1. The molecule has 0 atom stereocenters. The van der Waals surface area contributed by atoms with Crippen molar-refractivity contribution in [2.75, 3.05) is 5.32 Å². The molecule has 0 aromatic carbocycles. The smallest absolute Gasteiger partial charge is 0.170 e. The lowest BCUT2D eigenvalue weighted by atomic mass is 9.93. The van der Waals surface area contributed by atoms with Crippen LogP contribution in [-0.4, -0.2) is 10.7 Å². The fraction of sp³-hybridized carbons (Fsp3) is 0.727. The van der Waals surface area contributed by atoms with Gasteiger partial charge in [-0.05, 0) is 20.8 Å². The number of aromatic nitrogens is 1. The number of nitrogens with one attached hydrogen (secondary N) is 1. The summed E-state index contributed by atoms with van der Waals surface area (Å²) in [6.45, 7) is 12.6. The minimum Gasteiger partial charge on any atom is -0.363 e. The molecular weight excluding hydrogens is 176 g/mol. The highest BCUT2D eigenvalue weighted by Gasteiger charge is 2.21. The highest BCUT2D eigenvalue weighted by molar-refractivity contribution is 5.37. The second kappa shape index (κ2) is 3.30. The SMILES string of the molecule is CC(C)(C)Nc1cc(C(C)(C)C)on1. The number of rotatable bonds is 1. The van der Waals surface area contributed by atoms with E-state index in [4.69, 9.17) is 4.52 Å². The van der Waals surface area contributed by atoms with Crippen LogP contribution < -0.4 is 5.32 Å². The molecule has 0 radical (unpaired) electrons. The van der Waals surface area contributed by atoms with Gasteiger partial charge in [0.15, 0.2) is 5.82 Å². The van der Waals surface area contributed by atoms with E-state index in [1.165, 1.54) is 0 Å². The van der Waals surface area contributed by atoms with Gasteiger partial charge in [0.1, 0.15) is 5.76 Å². The topological polar surface area (TPSA) is 38.1 Å². The molecule has 0 aliphatic carbocycles. The molecule has 1 aromatic rings. The molecule has 80 valence electrons. The second-order valence-electron chi connectivity index (χ2n) is 5.70. The summed E-state index contributed by atoms with van der Waals surface area (Å²) in [6, 6.07) is 1.96. The van der Waals surface area contributed by atoms with Crippen molar-refractivity contribution < 1.29 is 4.52 Å². The molecule has 0 saturated heterocycles. The summed E-state index contributed by atoms with van der Waals surface area (Å²) < 4.78 is 5.26. The van der Waals surface area contributed by atoms with E-state index in [1.54, 1.807) is 0 Å². The van der Waals surface area contributed by atoms with Gasteiger partial charge in [0.25, 0.3) is 0 Å². The number of anilines is 1. The van der Waals surface area contributed by atoms with Gasteiger partial charge < -0.3 is 9.84 Å².